The number of ether oxygens (including phenoxy) is 2. The molecule has 13 heavy (non-hydrogen) atoms. The van der Waals surface area contributed by atoms with Gasteiger partial charge in [0.05, 0.1) is 12.2 Å². The van der Waals surface area contributed by atoms with Gasteiger partial charge in [-0.3, -0.25) is 4.79 Å². The summed E-state index contributed by atoms with van der Waals surface area (Å²) in [6.45, 7) is 9.80. The molecular formula is C10H20O3. The van der Waals surface area contributed by atoms with Gasteiger partial charge in [-0.2, -0.15) is 0 Å². The van der Waals surface area contributed by atoms with Crippen molar-refractivity contribution in [2.45, 2.75) is 52.7 Å². The van der Waals surface area contributed by atoms with Gasteiger partial charge in [-0.15, -0.1) is 0 Å². The van der Waals surface area contributed by atoms with Gasteiger partial charge in [0.15, 0.2) is 0 Å². The van der Waals surface area contributed by atoms with E-state index in [1.165, 1.54) is 6.92 Å². The number of carbonyl (C=O) groups is 1. The fraction of sp³-hybridized carbons (Fsp3) is 0.900. The second-order valence-corrected chi connectivity index (χ2v) is 3.84. The highest BCUT2D eigenvalue weighted by Gasteiger charge is 2.17. The molecule has 0 aliphatic rings. The molecule has 0 bridgehead atoms. The van der Waals surface area contributed by atoms with Crippen molar-refractivity contribution in [3.8, 4) is 0 Å². The largest absolute Gasteiger partial charge is 0.460 e. The van der Waals surface area contributed by atoms with Gasteiger partial charge in [-0.25, -0.2) is 0 Å². The molecule has 0 aromatic rings. The van der Waals surface area contributed by atoms with E-state index >= 15 is 0 Å². The van der Waals surface area contributed by atoms with E-state index in [2.05, 4.69) is 6.92 Å². The average molecular weight is 188 g/mol. The van der Waals surface area contributed by atoms with Crippen LogP contribution in [0.3, 0.4) is 0 Å². The van der Waals surface area contributed by atoms with Crippen LogP contribution in [0.1, 0.15) is 41.0 Å². The topological polar surface area (TPSA) is 35.5 Å². The molecule has 0 radical (unpaired) electrons. The van der Waals surface area contributed by atoms with Gasteiger partial charge < -0.3 is 9.47 Å². The van der Waals surface area contributed by atoms with E-state index in [1.54, 1.807) is 0 Å². The fourth-order valence-corrected chi connectivity index (χ4v) is 0.762. The lowest BCUT2D eigenvalue weighted by atomic mass is 10.1. The summed E-state index contributed by atoms with van der Waals surface area (Å²) >= 11 is 0. The first-order valence-corrected chi connectivity index (χ1v) is 4.68. The third-order valence-corrected chi connectivity index (χ3v) is 1.93. The summed E-state index contributed by atoms with van der Waals surface area (Å²) in [6, 6.07) is 0. The van der Waals surface area contributed by atoms with E-state index in [-0.39, 0.29) is 17.7 Å². The molecular weight excluding hydrogens is 168 g/mol. The van der Waals surface area contributed by atoms with Crippen LogP contribution in [-0.4, -0.2) is 24.3 Å². The van der Waals surface area contributed by atoms with Crippen LogP contribution in [-0.2, 0) is 14.3 Å². The van der Waals surface area contributed by atoms with Gasteiger partial charge in [-0.05, 0) is 27.2 Å². The van der Waals surface area contributed by atoms with Crippen LogP contribution < -0.4 is 0 Å². The van der Waals surface area contributed by atoms with Crippen molar-refractivity contribution in [1.82, 2.24) is 0 Å². The Hall–Kier alpha value is -0.570. The van der Waals surface area contributed by atoms with Crippen molar-refractivity contribution in [1.29, 1.82) is 0 Å². The normalized spacial score (nSPS) is 13.9. The summed E-state index contributed by atoms with van der Waals surface area (Å²) in [7, 11) is 0. The highest BCUT2D eigenvalue weighted by Crippen LogP contribution is 2.14. The highest BCUT2D eigenvalue weighted by molar-refractivity contribution is 5.66. The van der Waals surface area contributed by atoms with E-state index in [0.717, 1.165) is 6.42 Å². The zero-order valence-electron chi connectivity index (χ0n) is 9.22. The van der Waals surface area contributed by atoms with Crippen LogP contribution in [0.4, 0.5) is 0 Å². The third-order valence-electron chi connectivity index (χ3n) is 1.93. The summed E-state index contributed by atoms with van der Waals surface area (Å²) in [5.41, 5.74) is -0.131. The minimum atomic E-state index is -0.259. The number of esters is 1. The third kappa shape index (κ3) is 6.58. The Morgan fingerprint density at radius 2 is 2.00 bits per heavy atom. The molecule has 3 nitrogen and oxygen atoms in total. The Bertz CT molecular complexity index is 164. The minimum absolute atomic E-state index is 0.131. The summed E-state index contributed by atoms with van der Waals surface area (Å²) in [4.78, 5) is 10.6. The van der Waals surface area contributed by atoms with Crippen molar-refractivity contribution < 1.29 is 14.3 Å². The maximum absolute atomic E-state index is 10.6. The van der Waals surface area contributed by atoms with Crippen molar-refractivity contribution in [2.75, 3.05) is 6.61 Å². The lowest BCUT2D eigenvalue weighted by molar-refractivity contribution is -0.151. The molecule has 0 fully saturated rings. The smallest absolute Gasteiger partial charge is 0.302 e. The standard InChI is InChI=1S/C10H20O3/c1-6-10(4,5)12-7-8(2)13-9(3)11/h8H,6-7H2,1-5H3. The number of hydrogen-bond acceptors (Lipinski definition) is 3. The predicted octanol–water partition coefficient (Wildman–Crippen LogP) is 2.14. The van der Waals surface area contributed by atoms with Crippen molar-refractivity contribution in [3.05, 3.63) is 0 Å². The molecule has 0 aromatic heterocycles. The van der Waals surface area contributed by atoms with E-state index in [9.17, 15) is 4.79 Å². The summed E-state index contributed by atoms with van der Waals surface area (Å²) in [5, 5.41) is 0. The second kappa shape index (κ2) is 5.22. The molecule has 1 atom stereocenters. The fourth-order valence-electron chi connectivity index (χ4n) is 0.762. The lowest BCUT2D eigenvalue weighted by Gasteiger charge is -2.25. The van der Waals surface area contributed by atoms with E-state index in [4.69, 9.17) is 9.47 Å². The van der Waals surface area contributed by atoms with Gasteiger partial charge in [0.1, 0.15) is 6.10 Å². The van der Waals surface area contributed by atoms with Gasteiger partial charge in [0.2, 0.25) is 0 Å². The van der Waals surface area contributed by atoms with Gasteiger partial charge in [-0.1, -0.05) is 6.92 Å². The summed E-state index contributed by atoms with van der Waals surface area (Å²) in [5.74, 6) is -0.259. The first kappa shape index (κ1) is 12.4. The van der Waals surface area contributed by atoms with E-state index < -0.39 is 0 Å². The molecule has 78 valence electrons. The first-order chi connectivity index (χ1) is 5.87. The molecule has 0 spiro atoms. The molecule has 0 saturated carbocycles. The number of rotatable bonds is 5. The maximum Gasteiger partial charge on any atom is 0.302 e. The molecule has 0 saturated heterocycles. The van der Waals surface area contributed by atoms with E-state index in [1.807, 2.05) is 20.8 Å². The second-order valence-electron chi connectivity index (χ2n) is 3.84. The zero-order chi connectivity index (χ0) is 10.5. The monoisotopic (exact) mass is 188 g/mol. The van der Waals surface area contributed by atoms with Gasteiger partial charge >= 0.3 is 5.97 Å². The maximum atomic E-state index is 10.6. The van der Waals surface area contributed by atoms with Crippen LogP contribution in [0.15, 0.2) is 0 Å². The van der Waals surface area contributed by atoms with Gasteiger partial charge in [0.25, 0.3) is 0 Å². The van der Waals surface area contributed by atoms with Crippen molar-refractivity contribution in [3.63, 3.8) is 0 Å². The average Bonchev–Trinajstić information content (AvgIpc) is 2.00. The SMILES string of the molecule is CCC(C)(C)OCC(C)OC(C)=O. The Labute approximate surface area is 80.4 Å². The Morgan fingerprint density at radius 1 is 1.46 bits per heavy atom. The van der Waals surface area contributed by atoms with Crippen molar-refractivity contribution >= 4 is 5.97 Å². The van der Waals surface area contributed by atoms with Crippen molar-refractivity contribution in [2.24, 2.45) is 0 Å². The van der Waals surface area contributed by atoms with Gasteiger partial charge in [0, 0.05) is 6.92 Å². The number of hydrogen-bond donors (Lipinski definition) is 0. The predicted molar refractivity (Wildman–Crippen MR) is 51.6 cm³/mol. The Morgan fingerprint density at radius 3 is 2.38 bits per heavy atom. The Balaban J connectivity index is 3.69. The first-order valence-electron chi connectivity index (χ1n) is 4.68. The molecule has 3 heteroatoms. The molecule has 0 rings (SSSR count). The van der Waals surface area contributed by atoms with Crippen LogP contribution in [0.25, 0.3) is 0 Å². The lowest BCUT2D eigenvalue weighted by Crippen LogP contribution is -2.29. The Kier molecular flexibility index (Phi) is 4.99. The molecule has 0 heterocycles. The molecule has 1 unspecified atom stereocenters. The number of carbonyl (C=O) groups excluding carboxylic acids is 1. The highest BCUT2D eigenvalue weighted by atomic mass is 16.6. The zero-order valence-corrected chi connectivity index (χ0v) is 9.22. The molecule has 0 amide bonds. The summed E-state index contributed by atoms with van der Waals surface area (Å²) in [6.07, 6.45) is 0.781. The van der Waals surface area contributed by atoms with Crippen LogP contribution in [0, 0.1) is 0 Å². The quantitative estimate of drug-likeness (QED) is 0.620. The molecule has 0 aliphatic heterocycles. The van der Waals surface area contributed by atoms with Crippen LogP contribution in [0.5, 0.6) is 0 Å². The molecule has 0 aliphatic carbocycles. The minimum Gasteiger partial charge on any atom is -0.460 e. The molecule has 0 N–H and O–H groups in total. The van der Waals surface area contributed by atoms with Crippen LogP contribution in [0.2, 0.25) is 0 Å². The molecule has 0 aromatic carbocycles. The summed E-state index contributed by atoms with van der Waals surface area (Å²) < 4.78 is 10.5. The van der Waals surface area contributed by atoms with E-state index in [0.29, 0.717) is 6.61 Å². The van der Waals surface area contributed by atoms with Crippen LogP contribution >= 0.6 is 0 Å².